The molecular weight excluding hydrogens is 180 g/mol. The van der Waals surface area contributed by atoms with Crippen molar-refractivity contribution >= 4 is 6.98 Å². The average Bonchev–Trinajstić information content (AvgIpc) is 1.94. The van der Waals surface area contributed by atoms with Crippen LogP contribution in [0.1, 0.15) is 6.92 Å². The van der Waals surface area contributed by atoms with Crippen molar-refractivity contribution in [2.24, 2.45) is 0 Å². The summed E-state index contributed by atoms with van der Waals surface area (Å²) >= 11 is 0. The van der Waals surface area contributed by atoms with Gasteiger partial charge in [0.1, 0.15) is 0 Å². The fourth-order valence-corrected chi connectivity index (χ4v) is 1.58. The molecule has 0 aromatic carbocycles. The Hall–Kier alpha value is -0.225. The van der Waals surface area contributed by atoms with Gasteiger partial charge in [0.25, 0.3) is 0 Å². The maximum Gasteiger partial charge on any atom is 0.492 e. The van der Waals surface area contributed by atoms with Gasteiger partial charge in [-0.1, -0.05) is 0 Å². The Kier molecular flexibility index (Phi) is 3.24. The topological polar surface area (TPSA) is 6.48 Å². The molecule has 78 valence electrons. The number of piperazine rings is 1. The minimum Gasteiger partial charge on any atom is -0.448 e. The molecule has 0 aromatic rings. The largest absolute Gasteiger partial charge is 0.492 e. The Labute approximate surface area is 76.7 Å². The predicted molar refractivity (Wildman–Crippen MR) is 47.6 cm³/mol. The zero-order chi connectivity index (χ0) is 10.1. The SMILES string of the molecule is CC1CN(C[B-](F)(F)F)CCN1C. The van der Waals surface area contributed by atoms with E-state index in [1.165, 1.54) is 4.90 Å². The summed E-state index contributed by atoms with van der Waals surface area (Å²) in [6.07, 6.45) is -0.710. The van der Waals surface area contributed by atoms with Gasteiger partial charge in [-0.2, -0.15) is 0 Å². The molecule has 1 rings (SSSR count). The molecule has 1 heterocycles. The fraction of sp³-hybridized carbons (Fsp3) is 1.00. The van der Waals surface area contributed by atoms with Crippen LogP contribution in [0.3, 0.4) is 0 Å². The van der Waals surface area contributed by atoms with Crippen molar-refractivity contribution < 1.29 is 12.9 Å². The monoisotopic (exact) mass is 195 g/mol. The van der Waals surface area contributed by atoms with E-state index >= 15 is 0 Å². The molecule has 1 aliphatic rings. The van der Waals surface area contributed by atoms with Crippen molar-refractivity contribution in [3.8, 4) is 0 Å². The highest BCUT2D eigenvalue weighted by Crippen LogP contribution is 2.14. The molecule has 0 aromatic heterocycles. The molecule has 1 aliphatic heterocycles. The molecule has 0 saturated carbocycles. The van der Waals surface area contributed by atoms with E-state index in [-0.39, 0.29) is 6.04 Å². The van der Waals surface area contributed by atoms with Crippen LogP contribution in [0, 0.1) is 0 Å². The Morgan fingerprint density at radius 1 is 1.31 bits per heavy atom. The summed E-state index contributed by atoms with van der Waals surface area (Å²) in [6.45, 7) is -0.919. The van der Waals surface area contributed by atoms with Crippen LogP contribution in [-0.4, -0.2) is 55.9 Å². The van der Waals surface area contributed by atoms with E-state index in [0.29, 0.717) is 13.1 Å². The maximum atomic E-state index is 12.1. The molecule has 0 radical (unpaired) electrons. The number of hydrogen-bond donors (Lipinski definition) is 0. The summed E-state index contributed by atoms with van der Waals surface area (Å²) < 4.78 is 36.2. The van der Waals surface area contributed by atoms with Crippen LogP contribution in [0.25, 0.3) is 0 Å². The highest BCUT2D eigenvalue weighted by atomic mass is 19.4. The minimum absolute atomic E-state index is 0.229. The van der Waals surface area contributed by atoms with E-state index in [2.05, 4.69) is 4.90 Å². The number of halogens is 3. The summed E-state index contributed by atoms with van der Waals surface area (Å²) in [6, 6.07) is 0.229. The average molecular weight is 195 g/mol. The van der Waals surface area contributed by atoms with Crippen LogP contribution in [-0.2, 0) is 0 Å². The van der Waals surface area contributed by atoms with Gasteiger partial charge < -0.3 is 22.7 Å². The first kappa shape index (κ1) is 10.9. The van der Waals surface area contributed by atoms with Gasteiger partial charge in [0.2, 0.25) is 0 Å². The van der Waals surface area contributed by atoms with E-state index in [0.717, 1.165) is 6.54 Å². The standard InChI is InChI=1S/C7H15BF3N2/c1-7-5-13(4-3-12(7)2)6-8(9,10)11/h7H,3-6H2,1-2H3/q-1. The molecule has 0 aliphatic carbocycles. The van der Waals surface area contributed by atoms with Crippen LogP contribution >= 0.6 is 0 Å². The Morgan fingerprint density at radius 3 is 2.38 bits per heavy atom. The van der Waals surface area contributed by atoms with Crippen LogP contribution in [0.15, 0.2) is 0 Å². The third-order valence-corrected chi connectivity index (χ3v) is 2.51. The van der Waals surface area contributed by atoms with Gasteiger partial charge >= 0.3 is 6.98 Å². The first-order valence-electron chi connectivity index (χ1n) is 4.52. The maximum absolute atomic E-state index is 12.1. The minimum atomic E-state index is -4.66. The van der Waals surface area contributed by atoms with Crippen molar-refractivity contribution in [1.82, 2.24) is 9.80 Å². The van der Waals surface area contributed by atoms with Crippen LogP contribution in [0.2, 0.25) is 0 Å². The van der Waals surface area contributed by atoms with Crippen molar-refractivity contribution in [2.75, 3.05) is 33.1 Å². The van der Waals surface area contributed by atoms with Gasteiger partial charge in [-0.05, 0) is 20.4 Å². The number of nitrogens with zero attached hydrogens (tertiary/aromatic N) is 2. The molecule has 1 saturated heterocycles. The van der Waals surface area contributed by atoms with Gasteiger partial charge in [-0.3, -0.25) is 0 Å². The van der Waals surface area contributed by atoms with Crippen molar-refractivity contribution in [3.63, 3.8) is 0 Å². The summed E-state index contributed by atoms with van der Waals surface area (Å²) in [5, 5.41) is 0. The molecule has 13 heavy (non-hydrogen) atoms. The van der Waals surface area contributed by atoms with E-state index < -0.39 is 13.4 Å². The van der Waals surface area contributed by atoms with Gasteiger partial charge in [0, 0.05) is 25.7 Å². The van der Waals surface area contributed by atoms with Crippen LogP contribution in [0.5, 0.6) is 0 Å². The molecule has 1 atom stereocenters. The second kappa shape index (κ2) is 3.88. The lowest BCUT2D eigenvalue weighted by atomic mass is 9.90. The van der Waals surface area contributed by atoms with Crippen molar-refractivity contribution in [3.05, 3.63) is 0 Å². The first-order chi connectivity index (χ1) is 5.88. The number of hydrogen-bond acceptors (Lipinski definition) is 2. The highest BCUT2D eigenvalue weighted by Gasteiger charge is 2.29. The zero-order valence-electron chi connectivity index (χ0n) is 8.01. The van der Waals surface area contributed by atoms with E-state index in [1.54, 1.807) is 0 Å². The van der Waals surface area contributed by atoms with Gasteiger partial charge in [-0.25, -0.2) is 0 Å². The third-order valence-electron chi connectivity index (χ3n) is 2.51. The Balaban J connectivity index is 2.38. The molecule has 0 spiro atoms. The van der Waals surface area contributed by atoms with E-state index in [1.807, 2.05) is 14.0 Å². The second-order valence-electron chi connectivity index (χ2n) is 3.80. The summed E-state index contributed by atoms with van der Waals surface area (Å²) in [5.74, 6) is 0. The summed E-state index contributed by atoms with van der Waals surface area (Å²) in [4.78, 5) is 3.57. The molecular formula is C7H15BF3N2-. The second-order valence-corrected chi connectivity index (χ2v) is 3.80. The summed E-state index contributed by atoms with van der Waals surface area (Å²) in [5.41, 5.74) is 0. The quantitative estimate of drug-likeness (QED) is 0.606. The predicted octanol–water partition coefficient (Wildman–Crippen LogP) is 1.01. The zero-order valence-corrected chi connectivity index (χ0v) is 8.01. The van der Waals surface area contributed by atoms with Gasteiger partial charge in [0.15, 0.2) is 0 Å². The molecule has 6 heteroatoms. The van der Waals surface area contributed by atoms with Crippen LogP contribution in [0.4, 0.5) is 12.9 Å². The van der Waals surface area contributed by atoms with Gasteiger partial charge in [-0.15, -0.1) is 0 Å². The van der Waals surface area contributed by atoms with Crippen LogP contribution < -0.4 is 0 Å². The molecule has 2 nitrogen and oxygen atoms in total. The smallest absolute Gasteiger partial charge is 0.448 e. The fourth-order valence-electron chi connectivity index (χ4n) is 1.58. The van der Waals surface area contributed by atoms with E-state index in [4.69, 9.17) is 0 Å². The molecule has 1 unspecified atom stereocenters. The lowest BCUT2D eigenvalue weighted by molar-refractivity contribution is 0.111. The number of likely N-dealkylation sites (N-methyl/N-ethyl adjacent to an activating group) is 1. The summed E-state index contributed by atoms with van der Waals surface area (Å²) in [7, 11) is 1.95. The molecule has 0 amide bonds. The highest BCUT2D eigenvalue weighted by molar-refractivity contribution is 6.58. The van der Waals surface area contributed by atoms with Crippen molar-refractivity contribution in [2.45, 2.75) is 13.0 Å². The van der Waals surface area contributed by atoms with E-state index in [9.17, 15) is 12.9 Å². The Bertz CT molecular complexity index is 174. The molecule has 0 N–H and O–H groups in total. The third kappa shape index (κ3) is 3.56. The lowest BCUT2D eigenvalue weighted by Crippen LogP contribution is -2.53. The van der Waals surface area contributed by atoms with Gasteiger partial charge in [0.05, 0.1) is 0 Å². The van der Waals surface area contributed by atoms with Crippen molar-refractivity contribution in [1.29, 1.82) is 0 Å². The Morgan fingerprint density at radius 2 is 1.92 bits per heavy atom. The molecule has 1 fully saturated rings. The lowest BCUT2D eigenvalue weighted by Gasteiger charge is -2.39. The first-order valence-corrected chi connectivity index (χ1v) is 4.52. The number of rotatable bonds is 2. The molecule has 0 bridgehead atoms. The normalized spacial score (nSPS) is 27.9.